The summed E-state index contributed by atoms with van der Waals surface area (Å²) in [5, 5.41) is 8.26. The molecule has 0 aliphatic carbocycles. The maximum Gasteiger partial charge on any atom is 0.292 e. The van der Waals surface area contributed by atoms with Crippen LogP contribution in [0.5, 0.6) is 5.75 Å². The molecule has 0 saturated heterocycles. The number of aryl methyl sites for hydroxylation is 1. The molecule has 0 aliphatic heterocycles. The highest BCUT2D eigenvalue weighted by Crippen LogP contribution is 2.36. The van der Waals surface area contributed by atoms with Crippen molar-refractivity contribution in [2.45, 2.75) is 20.1 Å². The van der Waals surface area contributed by atoms with Gasteiger partial charge < -0.3 is 14.5 Å². The molecule has 2 heterocycles. The van der Waals surface area contributed by atoms with E-state index in [1.165, 1.54) is 30.3 Å². The van der Waals surface area contributed by atoms with Gasteiger partial charge in [-0.1, -0.05) is 52.5 Å². The quantitative estimate of drug-likeness (QED) is 0.264. The number of aromatic nitrogens is 2. The van der Waals surface area contributed by atoms with E-state index in [-0.39, 0.29) is 28.2 Å². The van der Waals surface area contributed by atoms with Crippen LogP contribution in [0.2, 0.25) is 20.1 Å². The summed E-state index contributed by atoms with van der Waals surface area (Å²) in [6, 6.07) is 12.0. The minimum atomic E-state index is -0.488. The van der Waals surface area contributed by atoms with Crippen LogP contribution in [0, 0.1) is 12.7 Å². The predicted molar refractivity (Wildman–Crippen MR) is 130 cm³/mol. The molecule has 6 nitrogen and oxygen atoms in total. The van der Waals surface area contributed by atoms with Crippen LogP contribution in [0.4, 0.5) is 10.2 Å². The van der Waals surface area contributed by atoms with E-state index in [2.05, 4.69) is 10.4 Å². The molecule has 176 valence electrons. The van der Waals surface area contributed by atoms with Gasteiger partial charge in [0.1, 0.15) is 18.2 Å². The average molecular weight is 543 g/mol. The van der Waals surface area contributed by atoms with Gasteiger partial charge in [-0.25, -0.2) is 4.39 Å². The van der Waals surface area contributed by atoms with Gasteiger partial charge in [-0.15, -0.1) is 0 Å². The van der Waals surface area contributed by atoms with Crippen LogP contribution in [0.15, 0.2) is 52.9 Å². The van der Waals surface area contributed by atoms with Crippen LogP contribution in [-0.4, -0.2) is 15.7 Å². The van der Waals surface area contributed by atoms with Crippen molar-refractivity contribution in [2.75, 3.05) is 5.32 Å². The smallest absolute Gasteiger partial charge is 0.292 e. The summed E-state index contributed by atoms with van der Waals surface area (Å²) < 4.78 is 26.1. The molecule has 1 N–H and O–H groups in total. The van der Waals surface area contributed by atoms with Crippen LogP contribution in [-0.2, 0) is 13.2 Å². The molecule has 0 radical (unpaired) electrons. The second-order valence-electron chi connectivity index (χ2n) is 7.27. The number of nitrogens with zero attached hydrogens (tertiary/aromatic N) is 2. The number of halogens is 5. The van der Waals surface area contributed by atoms with Gasteiger partial charge in [0.05, 0.1) is 16.6 Å². The van der Waals surface area contributed by atoms with Gasteiger partial charge in [-0.3, -0.25) is 9.48 Å². The molecule has 0 atom stereocenters. The fourth-order valence-electron chi connectivity index (χ4n) is 3.11. The van der Waals surface area contributed by atoms with E-state index < -0.39 is 11.7 Å². The molecular formula is C23H16Cl4FN3O3. The number of hydrogen-bond acceptors (Lipinski definition) is 4. The van der Waals surface area contributed by atoms with Crippen molar-refractivity contribution >= 4 is 58.1 Å². The zero-order valence-corrected chi connectivity index (χ0v) is 20.6. The highest BCUT2D eigenvalue weighted by atomic mass is 35.5. The van der Waals surface area contributed by atoms with E-state index in [0.29, 0.717) is 33.7 Å². The molecule has 0 unspecified atom stereocenters. The molecular weight excluding hydrogens is 527 g/mol. The lowest BCUT2D eigenvalue weighted by atomic mass is 10.2. The monoisotopic (exact) mass is 541 g/mol. The fraction of sp³-hybridized carbons (Fsp3) is 0.130. The van der Waals surface area contributed by atoms with Crippen molar-refractivity contribution in [3.63, 3.8) is 0 Å². The third kappa shape index (κ3) is 5.67. The van der Waals surface area contributed by atoms with Gasteiger partial charge in [-0.05, 0) is 48.9 Å². The molecule has 2 aromatic carbocycles. The van der Waals surface area contributed by atoms with Gasteiger partial charge in [0.15, 0.2) is 17.3 Å². The van der Waals surface area contributed by atoms with E-state index >= 15 is 0 Å². The number of furan rings is 1. The fourth-order valence-corrected chi connectivity index (χ4v) is 4.26. The van der Waals surface area contributed by atoms with E-state index in [9.17, 15) is 9.18 Å². The lowest BCUT2D eigenvalue weighted by Crippen LogP contribution is -2.12. The molecule has 11 heteroatoms. The normalized spacial score (nSPS) is 11.0. The number of carbonyl (C=O) groups is 1. The Labute approximate surface area is 214 Å². The van der Waals surface area contributed by atoms with Gasteiger partial charge in [0, 0.05) is 21.8 Å². The van der Waals surface area contributed by atoms with Crippen molar-refractivity contribution in [2.24, 2.45) is 0 Å². The summed E-state index contributed by atoms with van der Waals surface area (Å²) in [5.74, 6) is 0.146. The predicted octanol–water partition coefficient (Wildman–Crippen LogP) is 7.42. The lowest BCUT2D eigenvalue weighted by molar-refractivity contribution is 0.0992. The molecule has 0 aliphatic rings. The maximum absolute atomic E-state index is 13.3. The van der Waals surface area contributed by atoms with Gasteiger partial charge in [0.25, 0.3) is 5.91 Å². The molecule has 0 saturated carbocycles. The van der Waals surface area contributed by atoms with E-state index in [0.717, 1.165) is 5.69 Å². The number of nitrogens with one attached hydrogen (secondary N) is 1. The number of hydrogen-bond donors (Lipinski definition) is 1. The number of rotatable bonds is 7. The topological polar surface area (TPSA) is 69.3 Å². The number of benzene rings is 2. The van der Waals surface area contributed by atoms with Crippen LogP contribution < -0.4 is 10.1 Å². The second-order valence-corrected chi connectivity index (χ2v) is 8.93. The highest BCUT2D eigenvalue weighted by Gasteiger charge is 2.16. The van der Waals surface area contributed by atoms with Crippen LogP contribution >= 0.6 is 46.4 Å². The summed E-state index contributed by atoms with van der Waals surface area (Å²) in [7, 11) is 0. The van der Waals surface area contributed by atoms with Gasteiger partial charge in [-0.2, -0.15) is 5.10 Å². The average Bonchev–Trinajstić information content (AvgIpc) is 3.36. The Hall–Kier alpha value is -2.71. The molecule has 34 heavy (non-hydrogen) atoms. The maximum atomic E-state index is 13.3. The van der Waals surface area contributed by atoms with Crippen LogP contribution in [0.25, 0.3) is 0 Å². The Bertz CT molecular complexity index is 1350. The third-order valence-corrected chi connectivity index (χ3v) is 5.90. The van der Waals surface area contributed by atoms with Crippen LogP contribution in [0.1, 0.15) is 27.6 Å². The zero-order chi connectivity index (χ0) is 24.4. The summed E-state index contributed by atoms with van der Waals surface area (Å²) in [6.07, 6.45) is 0. The van der Waals surface area contributed by atoms with Crippen molar-refractivity contribution in [1.29, 1.82) is 0 Å². The first-order chi connectivity index (χ1) is 16.2. The Morgan fingerprint density at radius 1 is 1.06 bits per heavy atom. The Kier molecular flexibility index (Phi) is 7.38. The number of carbonyl (C=O) groups excluding carboxylic acids is 1. The lowest BCUT2D eigenvalue weighted by Gasteiger charge is -2.09. The van der Waals surface area contributed by atoms with Crippen molar-refractivity contribution in [3.05, 3.63) is 97.2 Å². The Morgan fingerprint density at radius 3 is 2.50 bits per heavy atom. The molecule has 0 fully saturated rings. The molecule has 2 aromatic heterocycles. The first kappa shape index (κ1) is 24.4. The first-order valence-electron chi connectivity index (χ1n) is 9.85. The third-order valence-electron chi connectivity index (χ3n) is 4.77. The van der Waals surface area contributed by atoms with Gasteiger partial charge in [0.2, 0.25) is 0 Å². The SMILES string of the molecule is Cc1cc(NC(=O)c2ccc(COc3c(Cl)cc(Cl)cc3Cl)o2)nn1Cc1ccc(F)cc1Cl. The van der Waals surface area contributed by atoms with E-state index in [4.69, 9.17) is 55.6 Å². The van der Waals surface area contributed by atoms with Gasteiger partial charge >= 0.3 is 0 Å². The number of anilines is 1. The van der Waals surface area contributed by atoms with Crippen molar-refractivity contribution in [1.82, 2.24) is 9.78 Å². The molecule has 4 rings (SSSR count). The standard InChI is InChI=1S/C23H16Cl4FN3O3/c1-12-6-21(30-31(12)10-13-2-3-15(28)9-17(13)25)29-23(32)20-5-4-16(34-20)11-33-22-18(26)7-14(24)8-19(22)27/h2-9H,10-11H2,1H3,(H,29,30,32). The first-order valence-corrected chi connectivity index (χ1v) is 11.4. The Morgan fingerprint density at radius 2 is 1.79 bits per heavy atom. The summed E-state index contributed by atoms with van der Waals surface area (Å²) in [6.45, 7) is 2.15. The molecule has 0 spiro atoms. The highest BCUT2D eigenvalue weighted by molar-refractivity contribution is 6.40. The van der Waals surface area contributed by atoms with E-state index in [1.807, 2.05) is 6.92 Å². The molecule has 0 bridgehead atoms. The minimum absolute atomic E-state index is 0.000513. The second kappa shape index (κ2) is 10.3. The van der Waals surface area contributed by atoms with E-state index in [1.54, 1.807) is 22.9 Å². The Balaban J connectivity index is 1.40. The summed E-state index contributed by atoms with van der Waals surface area (Å²) in [5.41, 5.74) is 1.48. The zero-order valence-electron chi connectivity index (χ0n) is 17.5. The minimum Gasteiger partial charge on any atom is -0.483 e. The van der Waals surface area contributed by atoms with Crippen molar-refractivity contribution < 1.29 is 18.3 Å². The summed E-state index contributed by atoms with van der Waals surface area (Å²) >= 11 is 24.2. The van der Waals surface area contributed by atoms with Crippen LogP contribution in [0.3, 0.4) is 0 Å². The molecule has 1 amide bonds. The molecule has 4 aromatic rings. The summed E-state index contributed by atoms with van der Waals surface area (Å²) in [4.78, 5) is 12.6. The number of amides is 1. The number of ether oxygens (including phenoxy) is 1. The largest absolute Gasteiger partial charge is 0.483 e. The van der Waals surface area contributed by atoms with Crippen molar-refractivity contribution in [3.8, 4) is 5.75 Å².